The molecule has 7 heteroatoms. The number of carbonyl (C=O) groups is 1. The van der Waals surface area contributed by atoms with Gasteiger partial charge in [-0.25, -0.2) is 4.98 Å². The SMILES string of the molecule is COc1ccc(Cl)c2sc(NC(=O)c3ccccc3Cl)nc12. The number of rotatable bonds is 3. The fourth-order valence-electron chi connectivity index (χ4n) is 1.98. The van der Waals surface area contributed by atoms with Gasteiger partial charge in [-0.2, -0.15) is 0 Å². The second-order valence-corrected chi connectivity index (χ2v) is 6.19. The van der Waals surface area contributed by atoms with Crippen molar-refractivity contribution in [2.75, 3.05) is 12.4 Å². The number of amides is 1. The van der Waals surface area contributed by atoms with Gasteiger partial charge >= 0.3 is 0 Å². The van der Waals surface area contributed by atoms with Gasteiger partial charge < -0.3 is 4.74 Å². The van der Waals surface area contributed by atoms with Gasteiger partial charge in [0.1, 0.15) is 11.3 Å². The summed E-state index contributed by atoms with van der Waals surface area (Å²) in [4.78, 5) is 16.6. The van der Waals surface area contributed by atoms with Crippen LogP contribution in [0.3, 0.4) is 0 Å². The number of thiazole rings is 1. The number of fused-ring (bicyclic) bond motifs is 1. The lowest BCUT2D eigenvalue weighted by atomic mass is 10.2. The lowest BCUT2D eigenvalue weighted by Crippen LogP contribution is -2.12. The molecule has 0 saturated heterocycles. The van der Waals surface area contributed by atoms with Gasteiger partial charge in [-0.1, -0.05) is 46.7 Å². The van der Waals surface area contributed by atoms with Crippen LogP contribution in [0.5, 0.6) is 5.75 Å². The fraction of sp³-hybridized carbons (Fsp3) is 0.0667. The Balaban J connectivity index is 1.96. The highest BCUT2D eigenvalue weighted by atomic mass is 35.5. The molecule has 2 aromatic carbocycles. The molecule has 0 radical (unpaired) electrons. The van der Waals surface area contributed by atoms with Crippen molar-refractivity contribution in [3.8, 4) is 5.75 Å². The number of hydrogen-bond donors (Lipinski definition) is 1. The molecular weight excluding hydrogens is 343 g/mol. The van der Waals surface area contributed by atoms with Crippen LogP contribution in [0.25, 0.3) is 10.2 Å². The highest BCUT2D eigenvalue weighted by molar-refractivity contribution is 7.23. The van der Waals surface area contributed by atoms with E-state index in [1.165, 1.54) is 11.3 Å². The molecule has 0 bridgehead atoms. The zero-order valence-electron chi connectivity index (χ0n) is 11.4. The largest absolute Gasteiger partial charge is 0.494 e. The third kappa shape index (κ3) is 2.75. The summed E-state index contributed by atoms with van der Waals surface area (Å²) < 4.78 is 6.02. The summed E-state index contributed by atoms with van der Waals surface area (Å²) in [5.74, 6) is 0.286. The molecule has 0 spiro atoms. The predicted molar refractivity (Wildman–Crippen MR) is 90.6 cm³/mol. The van der Waals surface area contributed by atoms with Gasteiger partial charge in [0.2, 0.25) is 0 Å². The van der Waals surface area contributed by atoms with Crippen molar-refractivity contribution >= 4 is 55.8 Å². The van der Waals surface area contributed by atoms with E-state index in [1.54, 1.807) is 43.5 Å². The zero-order chi connectivity index (χ0) is 15.7. The van der Waals surface area contributed by atoms with E-state index in [4.69, 9.17) is 27.9 Å². The van der Waals surface area contributed by atoms with Crippen LogP contribution >= 0.6 is 34.5 Å². The van der Waals surface area contributed by atoms with Crippen molar-refractivity contribution in [1.82, 2.24) is 4.98 Å². The lowest BCUT2D eigenvalue weighted by Gasteiger charge is -2.03. The van der Waals surface area contributed by atoms with E-state index in [1.807, 2.05) is 0 Å². The van der Waals surface area contributed by atoms with E-state index < -0.39 is 0 Å². The third-order valence-electron chi connectivity index (χ3n) is 3.02. The molecule has 22 heavy (non-hydrogen) atoms. The maximum absolute atomic E-state index is 12.3. The Bertz CT molecular complexity index is 864. The number of hydrogen-bond acceptors (Lipinski definition) is 4. The molecule has 4 nitrogen and oxygen atoms in total. The molecule has 0 aliphatic heterocycles. The third-order valence-corrected chi connectivity index (χ3v) is 4.78. The van der Waals surface area contributed by atoms with Gasteiger partial charge in [0.25, 0.3) is 5.91 Å². The van der Waals surface area contributed by atoms with Crippen LogP contribution in [0.2, 0.25) is 10.0 Å². The average Bonchev–Trinajstić information content (AvgIpc) is 2.92. The highest BCUT2D eigenvalue weighted by Gasteiger charge is 2.15. The monoisotopic (exact) mass is 352 g/mol. The number of anilines is 1. The molecule has 0 fully saturated rings. The number of ether oxygens (including phenoxy) is 1. The lowest BCUT2D eigenvalue weighted by molar-refractivity contribution is 0.102. The van der Waals surface area contributed by atoms with Crippen LogP contribution in [0.1, 0.15) is 10.4 Å². The maximum atomic E-state index is 12.3. The zero-order valence-corrected chi connectivity index (χ0v) is 13.7. The minimum absolute atomic E-state index is 0.320. The summed E-state index contributed by atoms with van der Waals surface area (Å²) in [6.07, 6.45) is 0. The summed E-state index contributed by atoms with van der Waals surface area (Å²) in [5, 5.41) is 4.12. The number of halogens is 2. The molecule has 0 aliphatic rings. The average molecular weight is 353 g/mol. The van der Waals surface area contributed by atoms with Crippen molar-refractivity contribution in [2.24, 2.45) is 0 Å². The molecule has 1 amide bonds. The van der Waals surface area contributed by atoms with E-state index in [0.29, 0.717) is 32.0 Å². The minimum atomic E-state index is -0.320. The number of methoxy groups -OCH3 is 1. The van der Waals surface area contributed by atoms with Gasteiger partial charge in [0.05, 0.1) is 27.4 Å². The Labute approximate surface area is 140 Å². The van der Waals surface area contributed by atoms with E-state index in [-0.39, 0.29) is 5.91 Å². The van der Waals surface area contributed by atoms with E-state index in [9.17, 15) is 4.79 Å². The Kier molecular flexibility index (Phi) is 4.20. The normalized spacial score (nSPS) is 10.7. The van der Waals surface area contributed by atoms with E-state index in [2.05, 4.69) is 10.3 Å². The van der Waals surface area contributed by atoms with Gasteiger partial charge in [-0.3, -0.25) is 10.1 Å². The molecule has 1 aromatic heterocycles. The number of nitrogens with zero attached hydrogens (tertiary/aromatic N) is 1. The van der Waals surface area contributed by atoms with Crippen molar-refractivity contribution in [2.45, 2.75) is 0 Å². The molecule has 3 aromatic rings. The highest BCUT2D eigenvalue weighted by Crippen LogP contribution is 2.37. The summed E-state index contributed by atoms with van der Waals surface area (Å²) >= 11 is 13.5. The van der Waals surface area contributed by atoms with Crippen LogP contribution in [0.4, 0.5) is 5.13 Å². The Morgan fingerprint density at radius 2 is 1.95 bits per heavy atom. The Morgan fingerprint density at radius 3 is 2.68 bits per heavy atom. The summed E-state index contributed by atoms with van der Waals surface area (Å²) in [6, 6.07) is 10.3. The number of benzene rings is 2. The Morgan fingerprint density at radius 1 is 1.18 bits per heavy atom. The van der Waals surface area contributed by atoms with Crippen molar-refractivity contribution < 1.29 is 9.53 Å². The molecular formula is C15H10Cl2N2O2S. The van der Waals surface area contributed by atoms with Gasteiger partial charge in [-0.15, -0.1) is 0 Å². The van der Waals surface area contributed by atoms with Crippen LogP contribution in [0, 0.1) is 0 Å². The predicted octanol–water partition coefficient (Wildman–Crippen LogP) is 4.86. The molecule has 0 aliphatic carbocycles. The van der Waals surface area contributed by atoms with Crippen molar-refractivity contribution in [3.05, 3.63) is 52.0 Å². The van der Waals surface area contributed by atoms with Crippen molar-refractivity contribution in [3.63, 3.8) is 0 Å². The second-order valence-electron chi connectivity index (χ2n) is 4.38. The van der Waals surface area contributed by atoms with E-state index in [0.717, 1.165) is 4.70 Å². The molecule has 0 saturated carbocycles. The number of carbonyl (C=O) groups excluding carboxylic acids is 1. The quantitative estimate of drug-likeness (QED) is 0.731. The van der Waals surface area contributed by atoms with Gasteiger partial charge in [0.15, 0.2) is 5.13 Å². The van der Waals surface area contributed by atoms with Crippen molar-refractivity contribution in [1.29, 1.82) is 0 Å². The smallest absolute Gasteiger partial charge is 0.258 e. The first-order chi connectivity index (χ1) is 10.6. The van der Waals surface area contributed by atoms with Crippen LogP contribution in [0.15, 0.2) is 36.4 Å². The molecule has 1 heterocycles. The molecule has 112 valence electrons. The van der Waals surface area contributed by atoms with Crippen LogP contribution in [-0.4, -0.2) is 18.0 Å². The summed E-state index contributed by atoms with van der Waals surface area (Å²) in [5.41, 5.74) is 1.01. The summed E-state index contributed by atoms with van der Waals surface area (Å²) in [7, 11) is 1.56. The first kappa shape index (κ1) is 15.1. The number of aromatic nitrogens is 1. The number of nitrogens with one attached hydrogen (secondary N) is 1. The standard InChI is InChI=1S/C15H10Cl2N2O2S/c1-21-11-7-6-10(17)13-12(11)18-15(22-13)19-14(20)8-4-2-3-5-9(8)16/h2-7H,1H3,(H,18,19,20). The maximum Gasteiger partial charge on any atom is 0.258 e. The Hall–Kier alpha value is -1.82. The molecule has 3 rings (SSSR count). The van der Waals surface area contributed by atoms with E-state index >= 15 is 0 Å². The van der Waals surface area contributed by atoms with Gasteiger partial charge in [0, 0.05) is 0 Å². The van der Waals surface area contributed by atoms with Crippen LogP contribution < -0.4 is 10.1 Å². The first-order valence-electron chi connectivity index (χ1n) is 6.29. The minimum Gasteiger partial charge on any atom is -0.494 e. The molecule has 0 unspecified atom stereocenters. The van der Waals surface area contributed by atoms with Gasteiger partial charge in [-0.05, 0) is 24.3 Å². The molecule has 1 N–H and O–H groups in total. The topological polar surface area (TPSA) is 51.2 Å². The molecule has 0 atom stereocenters. The second kappa shape index (κ2) is 6.12. The fourth-order valence-corrected chi connectivity index (χ4v) is 3.35. The van der Waals surface area contributed by atoms with Crippen LogP contribution in [-0.2, 0) is 0 Å². The summed E-state index contributed by atoms with van der Waals surface area (Å²) in [6.45, 7) is 0. The first-order valence-corrected chi connectivity index (χ1v) is 7.86.